The molecule has 1 heterocycles. The van der Waals surface area contributed by atoms with Crippen LogP contribution in [0.2, 0.25) is 0 Å². The number of benzene rings is 1. The van der Waals surface area contributed by atoms with E-state index in [4.69, 9.17) is 5.73 Å². The molecule has 0 aliphatic rings. The van der Waals surface area contributed by atoms with Crippen molar-refractivity contribution in [1.29, 1.82) is 0 Å². The minimum atomic E-state index is -0.549. The Morgan fingerprint density at radius 3 is 2.68 bits per heavy atom. The number of anilines is 1. The number of ether oxygens (including phenoxy) is 1. The average Bonchev–Trinajstić information content (AvgIpc) is 2.65. The van der Waals surface area contributed by atoms with Gasteiger partial charge < -0.3 is 10.5 Å². The smallest absolute Gasteiger partial charge is 0.360 e. The summed E-state index contributed by atoms with van der Waals surface area (Å²) in [7, 11) is 1.30. The molecule has 2 aromatic rings. The van der Waals surface area contributed by atoms with Crippen molar-refractivity contribution in [2.45, 2.75) is 6.92 Å². The van der Waals surface area contributed by atoms with E-state index in [1.54, 1.807) is 11.5 Å². The predicted octanol–water partition coefficient (Wildman–Crippen LogP) is 3.07. The molecule has 5 nitrogen and oxygen atoms in total. The van der Waals surface area contributed by atoms with Gasteiger partial charge in [0.25, 0.3) is 0 Å². The molecule has 0 atom stereocenters. The third-order valence-electron chi connectivity index (χ3n) is 2.61. The number of aromatic nitrogens is 2. The number of halogens is 2. The van der Waals surface area contributed by atoms with Gasteiger partial charge >= 0.3 is 5.97 Å². The third kappa shape index (κ3) is 2.52. The molecule has 0 unspecified atom stereocenters. The maximum absolute atomic E-state index is 11.6. The number of imidazole rings is 1. The number of esters is 1. The normalized spacial score (nSPS) is 10.5. The molecule has 2 N–H and O–H groups in total. The van der Waals surface area contributed by atoms with Crippen molar-refractivity contribution in [2.75, 3.05) is 12.8 Å². The number of aryl methyl sites for hydroxylation is 1. The number of carbonyl (C=O) groups excluding carboxylic acids is 1. The van der Waals surface area contributed by atoms with E-state index in [2.05, 4.69) is 41.6 Å². The summed E-state index contributed by atoms with van der Waals surface area (Å²) in [6.07, 6.45) is 0. The van der Waals surface area contributed by atoms with Crippen LogP contribution in [0.1, 0.15) is 16.3 Å². The lowest BCUT2D eigenvalue weighted by Gasteiger charge is -2.10. The zero-order chi connectivity index (χ0) is 14.2. The SMILES string of the molecule is COC(=O)c1nc(C)n(-c2ccc(Br)cc2Br)c1N. The number of nitrogens with two attached hydrogens (primary N) is 1. The fourth-order valence-corrected chi connectivity index (χ4v) is 2.99. The van der Waals surface area contributed by atoms with Crippen LogP contribution in [0.15, 0.2) is 27.1 Å². The Balaban J connectivity index is 2.63. The predicted molar refractivity (Wildman–Crippen MR) is 79.5 cm³/mol. The molecule has 0 saturated heterocycles. The number of nitrogens with zero attached hydrogens (tertiary/aromatic N) is 2. The zero-order valence-corrected chi connectivity index (χ0v) is 13.4. The van der Waals surface area contributed by atoms with Gasteiger partial charge in [-0.3, -0.25) is 4.57 Å². The lowest BCUT2D eigenvalue weighted by Crippen LogP contribution is -2.08. The summed E-state index contributed by atoms with van der Waals surface area (Å²) in [4.78, 5) is 15.7. The minimum absolute atomic E-state index is 0.120. The third-order valence-corrected chi connectivity index (χ3v) is 3.74. The van der Waals surface area contributed by atoms with E-state index >= 15 is 0 Å². The number of hydrogen-bond acceptors (Lipinski definition) is 4. The molecule has 0 bridgehead atoms. The van der Waals surface area contributed by atoms with E-state index in [-0.39, 0.29) is 11.5 Å². The van der Waals surface area contributed by atoms with Crippen LogP contribution < -0.4 is 5.73 Å². The van der Waals surface area contributed by atoms with Crippen LogP contribution in [0.4, 0.5) is 5.82 Å². The molecule has 100 valence electrons. The van der Waals surface area contributed by atoms with E-state index in [0.29, 0.717) is 5.82 Å². The number of carbonyl (C=O) groups is 1. The molecule has 0 radical (unpaired) electrons. The van der Waals surface area contributed by atoms with Crippen molar-refractivity contribution < 1.29 is 9.53 Å². The summed E-state index contributed by atoms with van der Waals surface area (Å²) >= 11 is 6.85. The second-order valence-corrected chi connectivity index (χ2v) is 5.59. The molecule has 0 aliphatic heterocycles. The van der Waals surface area contributed by atoms with Gasteiger partial charge in [0.05, 0.1) is 12.8 Å². The molecule has 19 heavy (non-hydrogen) atoms. The van der Waals surface area contributed by atoms with E-state index in [1.807, 2.05) is 18.2 Å². The Kier molecular flexibility index (Phi) is 3.96. The molecule has 0 fully saturated rings. The summed E-state index contributed by atoms with van der Waals surface area (Å²) in [6, 6.07) is 5.66. The average molecular weight is 389 g/mol. The monoisotopic (exact) mass is 387 g/mol. The van der Waals surface area contributed by atoms with Crippen LogP contribution in [0, 0.1) is 6.92 Å². The second kappa shape index (κ2) is 5.34. The summed E-state index contributed by atoms with van der Waals surface area (Å²) in [5.41, 5.74) is 6.91. The maximum Gasteiger partial charge on any atom is 0.360 e. The van der Waals surface area contributed by atoms with E-state index in [0.717, 1.165) is 14.6 Å². The van der Waals surface area contributed by atoms with Gasteiger partial charge in [-0.2, -0.15) is 0 Å². The first-order chi connectivity index (χ1) is 8.95. The Bertz CT molecular complexity index is 653. The summed E-state index contributed by atoms with van der Waals surface area (Å²) < 4.78 is 8.13. The van der Waals surface area contributed by atoms with Crippen LogP contribution >= 0.6 is 31.9 Å². The first-order valence-electron chi connectivity index (χ1n) is 5.34. The van der Waals surface area contributed by atoms with Crippen LogP contribution in [0.5, 0.6) is 0 Å². The Labute approximate surface area is 127 Å². The van der Waals surface area contributed by atoms with Crippen molar-refractivity contribution >= 4 is 43.6 Å². The van der Waals surface area contributed by atoms with Crippen LogP contribution in [-0.2, 0) is 4.74 Å². The molecule has 0 aliphatic carbocycles. The molecule has 7 heteroatoms. The number of nitrogen functional groups attached to an aromatic ring is 1. The summed E-state index contributed by atoms with van der Waals surface area (Å²) in [5, 5.41) is 0. The van der Waals surface area contributed by atoms with Crippen LogP contribution in [0.3, 0.4) is 0 Å². The minimum Gasteiger partial charge on any atom is -0.464 e. The van der Waals surface area contributed by atoms with E-state index < -0.39 is 5.97 Å². The molecule has 0 saturated carbocycles. The maximum atomic E-state index is 11.6. The molecule has 0 amide bonds. The molecular weight excluding hydrogens is 378 g/mol. The van der Waals surface area contributed by atoms with Crippen LogP contribution in [-0.4, -0.2) is 22.6 Å². The van der Waals surface area contributed by atoms with E-state index in [1.165, 1.54) is 7.11 Å². The van der Waals surface area contributed by atoms with Crippen LogP contribution in [0.25, 0.3) is 5.69 Å². The Morgan fingerprint density at radius 1 is 1.42 bits per heavy atom. The zero-order valence-electron chi connectivity index (χ0n) is 10.3. The first kappa shape index (κ1) is 14.1. The van der Waals surface area contributed by atoms with Gasteiger partial charge in [0.15, 0.2) is 5.69 Å². The fourth-order valence-electron chi connectivity index (χ4n) is 1.76. The van der Waals surface area contributed by atoms with Gasteiger partial charge in [-0.15, -0.1) is 0 Å². The van der Waals surface area contributed by atoms with E-state index in [9.17, 15) is 4.79 Å². The molecule has 2 rings (SSSR count). The van der Waals surface area contributed by atoms with Gasteiger partial charge in [-0.05, 0) is 41.1 Å². The highest BCUT2D eigenvalue weighted by Gasteiger charge is 2.21. The quantitative estimate of drug-likeness (QED) is 0.802. The molecule has 0 spiro atoms. The topological polar surface area (TPSA) is 70.1 Å². The Morgan fingerprint density at radius 2 is 2.11 bits per heavy atom. The lowest BCUT2D eigenvalue weighted by atomic mass is 10.3. The van der Waals surface area contributed by atoms with Gasteiger partial charge in [0.2, 0.25) is 0 Å². The first-order valence-corrected chi connectivity index (χ1v) is 6.93. The second-order valence-electron chi connectivity index (χ2n) is 3.82. The number of hydrogen-bond donors (Lipinski definition) is 1. The largest absolute Gasteiger partial charge is 0.464 e. The molecule has 1 aromatic carbocycles. The number of methoxy groups -OCH3 is 1. The molecule has 1 aromatic heterocycles. The van der Waals surface area contributed by atoms with Crippen molar-refractivity contribution in [3.63, 3.8) is 0 Å². The van der Waals surface area contributed by atoms with Crippen molar-refractivity contribution in [3.8, 4) is 5.69 Å². The lowest BCUT2D eigenvalue weighted by molar-refractivity contribution is 0.0596. The van der Waals surface area contributed by atoms with Crippen molar-refractivity contribution in [3.05, 3.63) is 38.7 Å². The molecular formula is C12H11Br2N3O2. The fraction of sp³-hybridized carbons (Fsp3) is 0.167. The van der Waals surface area contributed by atoms with Gasteiger partial charge in [-0.25, -0.2) is 9.78 Å². The summed E-state index contributed by atoms with van der Waals surface area (Å²) in [6.45, 7) is 1.78. The highest BCUT2D eigenvalue weighted by atomic mass is 79.9. The summed E-state index contributed by atoms with van der Waals surface area (Å²) in [5.74, 6) is 0.320. The highest BCUT2D eigenvalue weighted by molar-refractivity contribution is 9.11. The van der Waals surface area contributed by atoms with Crippen molar-refractivity contribution in [1.82, 2.24) is 9.55 Å². The Hall–Kier alpha value is -1.34. The van der Waals surface area contributed by atoms with Gasteiger partial charge in [0.1, 0.15) is 11.6 Å². The standard InChI is InChI=1S/C12H11Br2N3O2/c1-6-16-10(12(18)19-2)11(15)17(6)9-4-3-7(13)5-8(9)14/h3-5H,15H2,1-2H3. The van der Waals surface area contributed by atoms with Gasteiger partial charge in [0, 0.05) is 8.95 Å². The van der Waals surface area contributed by atoms with Crippen molar-refractivity contribution in [2.24, 2.45) is 0 Å². The van der Waals surface area contributed by atoms with Gasteiger partial charge in [-0.1, -0.05) is 15.9 Å². The number of rotatable bonds is 2. The highest BCUT2D eigenvalue weighted by Crippen LogP contribution is 2.29.